The molecule has 0 aromatic heterocycles. The third kappa shape index (κ3) is 6.48. The zero-order valence-corrected chi connectivity index (χ0v) is 15.3. The molecule has 0 aliphatic heterocycles. The van der Waals surface area contributed by atoms with E-state index in [1.54, 1.807) is 0 Å². The lowest BCUT2D eigenvalue weighted by Crippen LogP contribution is -2.27. The molecule has 0 radical (unpaired) electrons. The van der Waals surface area contributed by atoms with Gasteiger partial charge in [0, 0.05) is 10.5 Å². The zero-order valence-electron chi connectivity index (χ0n) is 13.7. The van der Waals surface area contributed by atoms with Gasteiger partial charge in [0.25, 0.3) is 0 Å². The second-order valence-electron chi connectivity index (χ2n) is 6.02. The minimum atomic E-state index is -0.281. The zero-order chi connectivity index (χ0) is 16.5. The minimum Gasteiger partial charge on any atom is -0.466 e. The molecule has 3 nitrogen and oxygen atoms in total. The van der Waals surface area contributed by atoms with Gasteiger partial charge in [-0.25, -0.2) is 4.79 Å². The Morgan fingerprint density at radius 3 is 2.74 bits per heavy atom. The summed E-state index contributed by atoms with van der Waals surface area (Å²) in [6, 6.07) is 8.30. The smallest absolute Gasteiger partial charge is 0.330 e. The number of carbonyl (C=O) groups is 1. The molecular formula is C19H25BrO3. The average Bonchev–Trinajstić information content (AvgIpc) is 2.59. The highest BCUT2D eigenvalue weighted by Gasteiger charge is 2.25. The van der Waals surface area contributed by atoms with Crippen molar-refractivity contribution in [2.45, 2.75) is 51.2 Å². The molecule has 0 heterocycles. The molecule has 0 bridgehead atoms. The normalized spacial score (nSPS) is 21.5. The molecule has 23 heavy (non-hydrogen) atoms. The molecule has 0 saturated heterocycles. The summed E-state index contributed by atoms with van der Waals surface area (Å²) in [6.07, 6.45) is 10.6. The van der Waals surface area contributed by atoms with Gasteiger partial charge in [0.15, 0.2) is 0 Å². The molecule has 0 unspecified atom stereocenters. The fourth-order valence-corrected chi connectivity index (χ4v) is 3.33. The Labute approximate surface area is 147 Å². The standard InChI is InChI=1S/C19H25BrO3/c1-22-19(21)9-5-3-7-16-6-2-4-8-18(16)23-14-15-10-12-17(20)13-11-15/h5,9-13,16,18H,2-4,6-8,14H2,1H3/b9-5+/t16-,18+/m1/s1. The van der Waals surface area contributed by atoms with Crippen LogP contribution in [0.25, 0.3) is 0 Å². The Bertz CT molecular complexity index is 510. The van der Waals surface area contributed by atoms with Gasteiger partial charge >= 0.3 is 5.97 Å². The average molecular weight is 381 g/mol. The van der Waals surface area contributed by atoms with E-state index in [1.165, 1.54) is 38.0 Å². The Hall–Kier alpha value is -1.13. The topological polar surface area (TPSA) is 35.5 Å². The van der Waals surface area contributed by atoms with Crippen molar-refractivity contribution in [2.24, 2.45) is 5.92 Å². The van der Waals surface area contributed by atoms with Gasteiger partial charge in [0.1, 0.15) is 0 Å². The first-order valence-electron chi connectivity index (χ1n) is 8.29. The molecule has 1 aliphatic carbocycles. The molecule has 0 spiro atoms. The molecule has 1 fully saturated rings. The number of rotatable bonds is 7. The summed E-state index contributed by atoms with van der Waals surface area (Å²) < 4.78 is 11.9. The molecule has 1 aromatic rings. The molecule has 0 amide bonds. The first-order valence-corrected chi connectivity index (χ1v) is 9.09. The third-order valence-electron chi connectivity index (χ3n) is 4.38. The van der Waals surface area contributed by atoms with E-state index < -0.39 is 0 Å². The van der Waals surface area contributed by atoms with E-state index in [1.807, 2.05) is 6.08 Å². The van der Waals surface area contributed by atoms with Crippen molar-refractivity contribution in [3.63, 3.8) is 0 Å². The number of halogens is 1. The monoisotopic (exact) mass is 380 g/mol. The van der Waals surface area contributed by atoms with Crippen molar-refractivity contribution in [3.8, 4) is 0 Å². The fourth-order valence-electron chi connectivity index (χ4n) is 3.07. The third-order valence-corrected chi connectivity index (χ3v) is 4.90. The summed E-state index contributed by atoms with van der Waals surface area (Å²) in [4.78, 5) is 11.1. The molecule has 1 aliphatic rings. The van der Waals surface area contributed by atoms with Crippen LogP contribution < -0.4 is 0 Å². The van der Waals surface area contributed by atoms with Crippen molar-refractivity contribution in [2.75, 3.05) is 7.11 Å². The molecule has 1 saturated carbocycles. The van der Waals surface area contributed by atoms with Gasteiger partial charge in [-0.05, 0) is 49.3 Å². The molecule has 2 atom stereocenters. The Morgan fingerprint density at radius 2 is 2.00 bits per heavy atom. The summed E-state index contributed by atoms with van der Waals surface area (Å²) in [5.74, 6) is 0.304. The van der Waals surface area contributed by atoms with Gasteiger partial charge in [0.2, 0.25) is 0 Å². The molecule has 0 N–H and O–H groups in total. The number of carbonyl (C=O) groups excluding carboxylic acids is 1. The van der Waals surface area contributed by atoms with E-state index in [0.29, 0.717) is 18.6 Å². The quantitative estimate of drug-likeness (QED) is 0.491. The van der Waals surface area contributed by atoms with Gasteiger partial charge in [-0.15, -0.1) is 0 Å². The van der Waals surface area contributed by atoms with Crippen LogP contribution in [0.4, 0.5) is 0 Å². The van der Waals surface area contributed by atoms with Gasteiger partial charge in [-0.3, -0.25) is 0 Å². The van der Waals surface area contributed by atoms with Crippen LogP contribution in [-0.4, -0.2) is 19.2 Å². The lowest BCUT2D eigenvalue weighted by Gasteiger charge is -2.31. The van der Waals surface area contributed by atoms with Gasteiger partial charge < -0.3 is 9.47 Å². The van der Waals surface area contributed by atoms with Crippen molar-refractivity contribution in [3.05, 3.63) is 46.5 Å². The van der Waals surface area contributed by atoms with Crippen LogP contribution in [0.15, 0.2) is 40.9 Å². The lowest BCUT2D eigenvalue weighted by atomic mass is 9.83. The Balaban J connectivity index is 1.79. The maximum Gasteiger partial charge on any atom is 0.330 e. The highest BCUT2D eigenvalue weighted by Crippen LogP contribution is 2.31. The molecule has 1 aromatic carbocycles. The van der Waals surface area contributed by atoms with E-state index in [0.717, 1.165) is 23.7 Å². The van der Waals surface area contributed by atoms with Crippen molar-refractivity contribution in [1.82, 2.24) is 0 Å². The fraction of sp³-hybridized carbons (Fsp3) is 0.526. The maximum atomic E-state index is 11.1. The summed E-state index contributed by atoms with van der Waals surface area (Å²) in [5.41, 5.74) is 1.21. The van der Waals surface area contributed by atoms with E-state index in [4.69, 9.17) is 4.74 Å². The van der Waals surface area contributed by atoms with Crippen molar-refractivity contribution < 1.29 is 14.3 Å². The van der Waals surface area contributed by atoms with Crippen LogP contribution in [0.5, 0.6) is 0 Å². The highest BCUT2D eigenvalue weighted by molar-refractivity contribution is 9.10. The lowest BCUT2D eigenvalue weighted by molar-refractivity contribution is -0.134. The van der Waals surface area contributed by atoms with Gasteiger partial charge in [0.05, 0.1) is 19.8 Å². The van der Waals surface area contributed by atoms with Crippen LogP contribution >= 0.6 is 15.9 Å². The minimum absolute atomic E-state index is 0.281. The van der Waals surface area contributed by atoms with E-state index in [2.05, 4.69) is 44.9 Å². The van der Waals surface area contributed by atoms with Crippen LogP contribution in [-0.2, 0) is 20.9 Å². The number of allylic oxidation sites excluding steroid dienone is 1. The first-order chi connectivity index (χ1) is 11.2. The summed E-state index contributed by atoms with van der Waals surface area (Å²) in [6.45, 7) is 0.673. The Kier molecular flexibility index (Phi) is 7.83. The largest absolute Gasteiger partial charge is 0.466 e. The number of methoxy groups -OCH3 is 1. The Morgan fingerprint density at radius 1 is 1.26 bits per heavy atom. The molecule has 2 rings (SSSR count). The van der Waals surface area contributed by atoms with Crippen LogP contribution in [0.2, 0.25) is 0 Å². The van der Waals surface area contributed by atoms with Gasteiger partial charge in [-0.2, -0.15) is 0 Å². The van der Waals surface area contributed by atoms with Crippen LogP contribution in [0.1, 0.15) is 44.1 Å². The molecule has 126 valence electrons. The van der Waals surface area contributed by atoms with Crippen molar-refractivity contribution >= 4 is 21.9 Å². The first kappa shape index (κ1) is 18.2. The summed E-state index contributed by atoms with van der Waals surface area (Å²) in [7, 11) is 1.40. The number of hydrogen-bond acceptors (Lipinski definition) is 3. The maximum absolute atomic E-state index is 11.1. The predicted molar refractivity (Wildman–Crippen MR) is 95.1 cm³/mol. The predicted octanol–water partition coefficient (Wildman–Crippen LogP) is 5.03. The van der Waals surface area contributed by atoms with Crippen molar-refractivity contribution in [1.29, 1.82) is 0 Å². The number of ether oxygens (including phenoxy) is 2. The van der Waals surface area contributed by atoms with E-state index in [-0.39, 0.29) is 5.97 Å². The summed E-state index contributed by atoms with van der Waals surface area (Å²) >= 11 is 3.45. The van der Waals surface area contributed by atoms with E-state index >= 15 is 0 Å². The van der Waals surface area contributed by atoms with Gasteiger partial charge in [-0.1, -0.05) is 47.0 Å². The second-order valence-corrected chi connectivity index (χ2v) is 6.94. The molecule has 4 heteroatoms. The SMILES string of the molecule is COC(=O)/C=C/CC[C@H]1CCCC[C@@H]1OCc1ccc(Br)cc1. The number of hydrogen-bond donors (Lipinski definition) is 0. The van der Waals surface area contributed by atoms with Crippen LogP contribution in [0.3, 0.4) is 0 Å². The number of benzene rings is 1. The summed E-state index contributed by atoms with van der Waals surface area (Å²) in [5, 5.41) is 0. The van der Waals surface area contributed by atoms with E-state index in [9.17, 15) is 4.79 Å². The second kappa shape index (κ2) is 9.89. The highest BCUT2D eigenvalue weighted by atomic mass is 79.9. The van der Waals surface area contributed by atoms with Crippen LogP contribution in [0, 0.1) is 5.92 Å². The number of esters is 1. The molecular weight excluding hydrogens is 356 g/mol.